The summed E-state index contributed by atoms with van der Waals surface area (Å²) in [6.07, 6.45) is -4.50. The van der Waals surface area contributed by atoms with Crippen molar-refractivity contribution >= 4 is 17.7 Å². The van der Waals surface area contributed by atoms with E-state index in [9.17, 15) is 18.0 Å². The normalized spacial score (nSPS) is 11.2. The maximum absolute atomic E-state index is 12.7. The molecule has 0 aromatic heterocycles. The zero-order valence-corrected chi connectivity index (χ0v) is 11.8. The lowest BCUT2D eigenvalue weighted by atomic mass is 10.1. The maximum atomic E-state index is 12.7. The van der Waals surface area contributed by atoms with Gasteiger partial charge in [-0.3, -0.25) is 0 Å². The third kappa shape index (κ3) is 3.78. The van der Waals surface area contributed by atoms with E-state index in [4.69, 9.17) is 0 Å². The molecule has 0 unspecified atom stereocenters. The van der Waals surface area contributed by atoms with Gasteiger partial charge in [0.15, 0.2) is 0 Å². The number of rotatable bonds is 3. The van der Waals surface area contributed by atoms with Crippen LogP contribution < -0.4 is 0 Å². The van der Waals surface area contributed by atoms with Gasteiger partial charge in [0.1, 0.15) is 0 Å². The van der Waals surface area contributed by atoms with Crippen molar-refractivity contribution in [2.45, 2.75) is 16.0 Å². The fourth-order valence-electron chi connectivity index (χ4n) is 1.68. The van der Waals surface area contributed by atoms with E-state index in [1.54, 1.807) is 0 Å². The summed E-state index contributed by atoms with van der Waals surface area (Å²) in [5.41, 5.74) is -0.971. The van der Waals surface area contributed by atoms with Crippen LogP contribution in [0.2, 0.25) is 0 Å². The van der Waals surface area contributed by atoms with Crippen LogP contribution in [0.4, 0.5) is 13.2 Å². The molecule has 0 fully saturated rings. The van der Waals surface area contributed by atoms with E-state index >= 15 is 0 Å². The molecule has 0 radical (unpaired) electrons. The van der Waals surface area contributed by atoms with Crippen LogP contribution in [-0.2, 0) is 10.9 Å². The summed E-state index contributed by atoms with van der Waals surface area (Å²) >= 11 is 1.21. The Morgan fingerprint density at radius 2 is 1.76 bits per heavy atom. The Morgan fingerprint density at radius 3 is 2.33 bits per heavy atom. The molecule has 0 saturated carbocycles. The minimum atomic E-state index is -4.50. The number of esters is 1. The second-order valence-electron chi connectivity index (χ2n) is 4.12. The van der Waals surface area contributed by atoms with Crippen molar-refractivity contribution in [3.8, 4) is 0 Å². The highest BCUT2D eigenvalue weighted by molar-refractivity contribution is 7.99. The first-order chi connectivity index (χ1) is 9.91. The summed E-state index contributed by atoms with van der Waals surface area (Å²) in [6.45, 7) is 0. The molecular formula is C15H11F3O2S. The smallest absolute Gasteiger partial charge is 0.416 e. The zero-order valence-electron chi connectivity index (χ0n) is 11.0. The Morgan fingerprint density at radius 1 is 1.10 bits per heavy atom. The fraction of sp³-hybridized carbons (Fsp3) is 0.133. The maximum Gasteiger partial charge on any atom is 0.416 e. The number of hydrogen-bond donors (Lipinski definition) is 0. The van der Waals surface area contributed by atoms with Gasteiger partial charge in [0.25, 0.3) is 0 Å². The average molecular weight is 312 g/mol. The van der Waals surface area contributed by atoms with Gasteiger partial charge in [0, 0.05) is 9.79 Å². The molecule has 2 aromatic rings. The first kappa shape index (κ1) is 15.4. The van der Waals surface area contributed by atoms with Crippen LogP contribution in [0.1, 0.15) is 15.9 Å². The van der Waals surface area contributed by atoms with Gasteiger partial charge in [-0.1, -0.05) is 30.0 Å². The number of hydrogen-bond acceptors (Lipinski definition) is 3. The molecule has 0 aliphatic heterocycles. The van der Waals surface area contributed by atoms with Gasteiger partial charge in [-0.15, -0.1) is 0 Å². The molecule has 0 N–H and O–H groups in total. The topological polar surface area (TPSA) is 26.3 Å². The van der Waals surface area contributed by atoms with E-state index in [2.05, 4.69) is 4.74 Å². The Hall–Kier alpha value is -1.95. The third-order valence-corrected chi connectivity index (χ3v) is 3.77. The van der Waals surface area contributed by atoms with Crippen molar-refractivity contribution in [3.63, 3.8) is 0 Å². The summed E-state index contributed by atoms with van der Waals surface area (Å²) in [5, 5.41) is 0. The molecule has 2 rings (SSSR count). The molecule has 21 heavy (non-hydrogen) atoms. The zero-order chi connectivity index (χ0) is 15.5. The summed E-state index contributed by atoms with van der Waals surface area (Å²) in [6, 6.07) is 12.1. The number of ether oxygens (including phenoxy) is 1. The molecule has 0 aliphatic carbocycles. The van der Waals surface area contributed by atoms with E-state index in [0.717, 1.165) is 24.1 Å². The molecule has 0 saturated heterocycles. The van der Waals surface area contributed by atoms with Crippen LogP contribution in [0.3, 0.4) is 0 Å². The predicted octanol–water partition coefficient (Wildman–Crippen LogP) is 4.64. The monoisotopic (exact) mass is 312 g/mol. The Kier molecular flexibility index (Phi) is 4.57. The van der Waals surface area contributed by atoms with E-state index in [1.165, 1.54) is 17.8 Å². The molecule has 0 heterocycles. The van der Waals surface area contributed by atoms with E-state index < -0.39 is 17.7 Å². The van der Waals surface area contributed by atoms with E-state index in [1.807, 2.05) is 30.3 Å². The molecule has 0 atom stereocenters. The van der Waals surface area contributed by atoms with Crippen molar-refractivity contribution in [2.75, 3.05) is 7.11 Å². The quantitative estimate of drug-likeness (QED) is 0.772. The lowest BCUT2D eigenvalue weighted by Gasteiger charge is -2.12. The first-order valence-electron chi connectivity index (χ1n) is 5.94. The van der Waals surface area contributed by atoms with Gasteiger partial charge in [-0.05, 0) is 30.3 Å². The number of carbonyl (C=O) groups is 1. The Bertz CT molecular complexity index is 639. The average Bonchev–Trinajstić information content (AvgIpc) is 2.47. The van der Waals surface area contributed by atoms with Crippen molar-refractivity contribution in [1.82, 2.24) is 0 Å². The molecule has 6 heteroatoms. The van der Waals surface area contributed by atoms with E-state index in [0.29, 0.717) is 4.90 Å². The third-order valence-electron chi connectivity index (χ3n) is 2.68. The number of alkyl halides is 3. The highest BCUT2D eigenvalue weighted by Crippen LogP contribution is 2.35. The summed E-state index contributed by atoms with van der Waals surface area (Å²) in [7, 11) is 1.14. The van der Waals surface area contributed by atoms with Crippen molar-refractivity contribution in [3.05, 3.63) is 59.7 Å². The van der Waals surface area contributed by atoms with Gasteiger partial charge in [-0.25, -0.2) is 4.79 Å². The molecule has 0 bridgehead atoms. The summed E-state index contributed by atoms with van der Waals surface area (Å²) in [4.78, 5) is 12.9. The standard InChI is InChI=1S/C15H11F3O2S/c1-20-14(19)12-9-10(15(16,17)18)7-8-13(12)21-11-5-3-2-4-6-11/h2-9H,1H3. The lowest BCUT2D eigenvalue weighted by Crippen LogP contribution is -2.09. The summed E-state index contributed by atoms with van der Waals surface area (Å²) < 4.78 is 42.8. The molecule has 0 amide bonds. The molecule has 110 valence electrons. The van der Waals surface area contributed by atoms with Gasteiger partial charge in [0.05, 0.1) is 18.2 Å². The van der Waals surface area contributed by atoms with Gasteiger partial charge < -0.3 is 4.74 Å². The number of carbonyl (C=O) groups excluding carboxylic acids is 1. The lowest BCUT2D eigenvalue weighted by molar-refractivity contribution is -0.137. The second-order valence-corrected chi connectivity index (χ2v) is 5.23. The SMILES string of the molecule is COC(=O)c1cc(C(F)(F)F)ccc1Sc1ccccc1. The second kappa shape index (κ2) is 6.22. The fourth-order valence-corrected chi connectivity index (χ4v) is 2.62. The minimum absolute atomic E-state index is 0.0961. The van der Waals surface area contributed by atoms with Crippen molar-refractivity contribution < 1.29 is 22.7 Å². The summed E-state index contributed by atoms with van der Waals surface area (Å²) in [5.74, 6) is -0.792. The molecular weight excluding hydrogens is 301 g/mol. The molecule has 0 aliphatic rings. The predicted molar refractivity (Wildman–Crippen MR) is 73.3 cm³/mol. The van der Waals surface area contributed by atoms with Crippen LogP contribution >= 0.6 is 11.8 Å². The largest absolute Gasteiger partial charge is 0.465 e. The van der Waals surface area contributed by atoms with Crippen molar-refractivity contribution in [1.29, 1.82) is 0 Å². The van der Waals surface area contributed by atoms with Crippen LogP contribution in [0.15, 0.2) is 58.3 Å². The first-order valence-corrected chi connectivity index (χ1v) is 6.76. The Labute approximate surface area is 123 Å². The molecule has 2 nitrogen and oxygen atoms in total. The van der Waals surface area contributed by atoms with Crippen LogP contribution in [0, 0.1) is 0 Å². The van der Waals surface area contributed by atoms with Crippen molar-refractivity contribution in [2.24, 2.45) is 0 Å². The number of methoxy groups -OCH3 is 1. The van der Waals surface area contributed by atoms with E-state index in [-0.39, 0.29) is 5.56 Å². The van der Waals surface area contributed by atoms with Crippen LogP contribution in [0.5, 0.6) is 0 Å². The number of halogens is 3. The molecule has 2 aromatic carbocycles. The number of benzene rings is 2. The van der Waals surface area contributed by atoms with Gasteiger partial charge in [0.2, 0.25) is 0 Å². The highest BCUT2D eigenvalue weighted by atomic mass is 32.2. The van der Waals surface area contributed by atoms with Crippen LogP contribution in [-0.4, -0.2) is 13.1 Å². The van der Waals surface area contributed by atoms with Crippen LogP contribution in [0.25, 0.3) is 0 Å². The molecule has 0 spiro atoms. The minimum Gasteiger partial charge on any atom is -0.465 e. The highest BCUT2D eigenvalue weighted by Gasteiger charge is 2.32. The van der Waals surface area contributed by atoms with Gasteiger partial charge >= 0.3 is 12.1 Å². The van der Waals surface area contributed by atoms with Gasteiger partial charge in [-0.2, -0.15) is 13.2 Å². The Balaban J connectivity index is 2.43.